The van der Waals surface area contributed by atoms with Gasteiger partial charge in [0.1, 0.15) is 12.0 Å². The van der Waals surface area contributed by atoms with Crippen molar-refractivity contribution in [2.75, 3.05) is 6.61 Å². The molecule has 0 bridgehead atoms. The molecule has 0 saturated heterocycles. The van der Waals surface area contributed by atoms with Crippen molar-refractivity contribution >= 4 is 17.9 Å². The summed E-state index contributed by atoms with van der Waals surface area (Å²) in [5, 5.41) is 0.625. The Balaban J connectivity index is 0.000000921. The Kier molecular flexibility index (Phi) is 7.74. The van der Waals surface area contributed by atoms with E-state index in [1.54, 1.807) is 18.2 Å². The summed E-state index contributed by atoms with van der Waals surface area (Å²) in [4.78, 5) is 10.3. The second-order valence-corrected chi connectivity index (χ2v) is 2.99. The molecule has 15 heavy (non-hydrogen) atoms. The van der Waals surface area contributed by atoms with Gasteiger partial charge in [0, 0.05) is 17.0 Å². The summed E-state index contributed by atoms with van der Waals surface area (Å²) in [5.74, 6) is 0.735. The highest BCUT2D eigenvalue weighted by Crippen LogP contribution is 2.22. The van der Waals surface area contributed by atoms with Gasteiger partial charge in [0.05, 0.1) is 6.61 Å². The Morgan fingerprint density at radius 1 is 1.40 bits per heavy atom. The highest BCUT2D eigenvalue weighted by Gasteiger charge is 2.02. The fourth-order valence-electron chi connectivity index (χ4n) is 1.09. The van der Waals surface area contributed by atoms with Crippen molar-refractivity contribution in [1.82, 2.24) is 0 Å². The molecule has 0 N–H and O–H groups in total. The zero-order chi connectivity index (χ0) is 11.7. The van der Waals surface area contributed by atoms with E-state index in [-0.39, 0.29) is 0 Å². The summed E-state index contributed by atoms with van der Waals surface area (Å²) < 4.78 is 5.33. The molecule has 0 aliphatic carbocycles. The lowest BCUT2D eigenvalue weighted by Crippen LogP contribution is -1.97. The normalized spacial score (nSPS) is 8.80. The molecule has 1 aromatic rings. The third-order valence-electron chi connectivity index (χ3n) is 1.63. The number of hydrogen-bond donors (Lipinski definition) is 0. The number of halogens is 1. The van der Waals surface area contributed by atoms with Crippen LogP contribution >= 0.6 is 11.6 Å². The van der Waals surface area contributed by atoms with Gasteiger partial charge in [0.15, 0.2) is 0 Å². The Hall–Kier alpha value is -1.02. The van der Waals surface area contributed by atoms with E-state index in [0.717, 1.165) is 17.6 Å². The van der Waals surface area contributed by atoms with Gasteiger partial charge in [-0.05, 0) is 25.1 Å². The molecular weight excluding hydrogens is 212 g/mol. The van der Waals surface area contributed by atoms with E-state index >= 15 is 0 Å². The van der Waals surface area contributed by atoms with Crippen molar-refractivity contribution in [2.24, 2.45) is 0 Å². The van der Waals surface area contributed by atoms with Crippen LogP contribution in [0.15, 0.2) is 18.2 Å². The van der Waals surface area contributed by atoms with E-state index in [2.05, 4.69) is 0 Å². The van der Waals surface area contributed by atoms with Gasteiger partial charge < -0.3 is 9.53 Å². The molecule has 0 radical (unpaired) electrons. The van der Waals surface area contributed by atoms with Crippen LogP contribution in [0.25, 0.3) is 0 Å². The molecule has 0 fully saturated rings. The minimum atomic E-state index is 0.343. The van der Waals surface area contributed by atoms with Crippen LogP contribution in [-0.2, 0) is 11.2 Å². The molecule has 0 heterocycles. The number of ether oxygens (including phenoxy) is 1. The molecular formula is C12H17ClO2. The Labute approximate surface area is 96.2 Å². The van der Waals surface area contributed by atoms with Crippen LogP contribution in [0.4, 0.5) is 0 Å². The maximum absolute atomic E-state index is 10.3. The molecule has 0 amide bonds. The lowest BCUT2D eigenvalue weighted by molar-refractivity contribution is -0.107. The van der Waals surface area contributed by atoms with Crippen LogP contribution in [0.2, 0.25) is 5.02 Å². The fourth-order valence-corrected chi connectivity index (χ4v) is 1.29. The first-order valence-corrected chi connectivity index (χ1v) is 5.50. The maximum Gasteiger partial charge on any atom is 0.124 e. The zero-order valence-corrected chi connectivity index (χ0v) is 10.2. The van der Waals surface area contributed by atoms with E-state index in [4.69, 9.17) is 16.3 Å². The van der Waals surface area contributed by atoms with E-state index < -0.39 is 0 Å². The van der Waals surface area contributed by atoms with Gasteiger partial charge in [0.25, 0.3) is 0 Å². The molecule has 2 nitrogen and oxygen atoms in total. The van der Waals surface area contributed by atoms with Crippen LogP contribution in [0.1, 0.15) is 26.3 Å². The zero-order valence-electron chi connectivity index (χ0n) is 9.42. The Bertz CT molecular complexity index is 298. The highest BCUT2D eigenvalue weighted by molar-refractivity contribution is 6.30. The number of carbonyl (C=O) groups is 1. The van der Waals surface area contributed by atoms with Crippen LogP contribution in [0.5, 0.6) is 5.75 Å². The molecule has 0 spiro atoms. The van der Waals surface area contributed by atoms with Crippen LogP contribution in [0.3, 0.4) is 0 Å². The fraction of sp³-hybridized carbons (Fsp3) is 0.417. The molecule has 0 aromatic heterocycles. The van der Waals surface area contributed by atoms with Crippen molar-refractivity contribution < 1.29 is 9.53 Å². The third-order valence-corrected chi connectivity index (χ3v) is 1.86. The summed E-state index contributed by atoms with van der Waals surface area (Å²) >= 11 is 5.78. The second kappa shape index (κ2) is 8.30. The number of hydrogen-bond acceptors (Lipinski definition) is 2. The van der Waals surface area contributed by atoms with Crippen molar-refractivity contribution in [3.8, 4) is 5.75 Å². The SMILES string of the molecule is CC.CCOc1ccc(Cl)cc1CC=O. The monoisotopic (exact) mass is 228 g/mol. The Morgan fingerprint density at radius 2 is 2.07 bits per heavy atom. The summed E-state index contributed by atoms with van der Waals surface area (Å²) in [6.07, 6.45) is 1.18. The van der Waals surface area contributed by atoms with E-state index in [9.17, 15) is 4.79 Å². The molecule has 0 atom stereocenters. The van der Waals surface area contributed by atoms with Crippen molar-refractivity contribution in [1.29, 1.82) is 0 Å². The predicted octanol–water partition coefficient (Wildman–Crippen LogP) is 3.51. The molecule has 1 rings (SSSR count). The van der Waals surface area contributed by atoms with E-state index in [0.29, 0.717) is 18.1 Å². The van der Waals surface area contributed by atoms with Crippen molar-refractivity contribution in [3.05, 3.63) is 28.8 Å². The first kappa shape index (κ1) is 14.0. The molecule has 0 unspecified atom stereocenters. The first-order valence-electron chi connectivity index (χ1n) is 5.12. The van der Waals surface area contributed by atoms with Crippen molar-refractivity contribution in [2.45, 2.75) is 27.2 Å². The molecule has 84 valence electrons. The number of carbonyl (C=O) groups excluding carboxylic acids is 1. The molecule has 1 aromatic carbocycles. The molecule has 3 heteroatoms. The smallest absolute Gasteiger partial charge is 0.124 e. The topological polar surface area (TPSA) is 26.3 Å². The maximum atomic E-state index is 10.3. The van der Waals surface area contributed by atoms with Crippen molar-refractivity contribution in [3.63, 3.8) is 0 Å². The van der Waals surface area contributed by atoms with Gasteiger partial charge in [-0.1, -0.05) is 25.4 Å². The van der Waals surface area contributed by atoms with Gasteiger partial charge in [-0.25, -0.2) is 0 Å². The van der Waals surface area contributed by atoms with Crippen LogP contribution < -0.4 is 4.74 Å². The summed E-state index contributed by atoms with van der Waals surface area (Å²) in [6, 6.07) is 5.28. The summed E-state index contributed by atoms with van der Waals surface area (Å²) in [6.45, 7) is 6.49. The lowest BCUT2D eigenvalue weighted by Gasteiger charge is -2.07. The van der Waals surface area contributed by atoms with E-state index in [1.807, 2.05) is 20.8 Å². The largest absolute Gasteiger partial charge is 0.494 e. The minimum absolute atomic E-state index is 0.343. The summed E-state index contributed by atoms with van der Waals surface area (Å²) in [5.41, 5.74) is 0.837. The second-order valence-electron chi connectivity index (χ2n) is 2.56. The number of rotatable bonds is 4. The quantitative estimate of drug-likeness (QED) is 0.738. The molecule has 0 aliphatic heterocycles. The standard InChI is InChI=1S/C10H11ClO2.C2H6/c1-2-13-10-4-3-9(11)7-8(10)5-6-12;1-2/h3-4,6-7H,2,5H2,1H3;1-2H3. The lowest BCUT2D eigenvalue weighted by atomic mass is 10.1. The van der Waals surface area contributed by atoms with Gasteiger partial charge in [-0.3, -0.25) is 0 Å². The highest BCUT2D eigenvalue weighted by atomic mass is 35.5. The van der Waals surface area contributed by atoms with Gasteiger partial charge in [-0.2, -0.15) is 0 Å². The number of aldehydes is 1. The van der Waals surface area contributed by atoms with Crippen LogP contribution in [0, 0.1) is 0 Å². The van der Waals surface area contributed by atoms with Gasteiger partial charge in [-0.15, -0.1) is 0 Å². The summed E-state index contributed by atoms with van der Waals surface area (Å²) in [7, 11) is 0. The van der Waals surface area contributed by atoms with Gasteiger partial charge in [0.2, 0.25) is 0 Å². The minimum Gasteiger partial charge on any atom is -0.494 e. The third kappa shape index (κ3) is 4.84. The van der Waals surface area contributed by atoms with E-state index in [1.165, 1.54) is 0 Å². The van der Waals surface area contributed by atoms with Gasteiger partial charge >= 0.3 is 0 Å². The average Bonchev–Trinajstić information content (AvgIpc) is 2.26. The van der Waals surface area contributed by atoms with Crippen LogP contribution in [-0.4, -0.2) is 12.9 Å². The molecule has 0 saturated carbocycles. The molecule has 0 aliphatic rings. The Morgan fingerprint density at radius 3 is 2.60 bits per heavy atom. The number of benzene rings is 1. The first-order chi connectivity index (χ1) is 7.27. The average molecular weight is 229 g/mol. The predicted molar refractivity (Wildman–Crippen MR) is 63.7 cm³/mol.